The van der Waals surface area contributed by atoms with Crippen molar-refractivity contribution in [3.63, 3.8) is 0 Å². The van der Waals surface area contributed by atoms with Gasteiger partial charge in [-0.1, -0.05) is 52.5 Å². The molecule has 4 rings (SSSR count). The number of fused-ring (bicyclic) bond motifs is 3. The van der Waals surface area contributed by atoms with E-state index in [1.54, 1.807) is 0 Å². The van der Waals surface area contributed by atoms with Crippen LogP contribution in [0.3, 0.4) is 0 Å². The van der Waals surface area contributed by atoms with Crippen LogP contribution in [-0.2, 0) is 17.6 Å². The second kappa shape index (κ2) is 6.98. The van der Waals surface area contributed by atoms with Crippen molar-refractivity contribution in [3.05, 3.63) is 75.2 Å². The summed E-state index contributed by atoms with van der Waals surface area (Å²) < 4.78 is 0. The van der Waals surface area contributed by atoms with Gasteiger partial charge in [-0.05, 0) is 96.8 Å². The number of nitrogens with two attached hydrogens (primary N) is 1. The molecular weight excluding hydrogens is 406 g/mol. The van der Waals surface area contributed by atoms with Gasteiger partial charge in [-0.15, -0.1) is 0 Å². The third-order valence-electron chi connectivity index (χ3n) is 9.83. The normalized spacial score (nSPS) is 33.6. The minimum absolute atomic E-state index is 0.0708. The Balaban J connectivity index is 2.10. The summed E-state index contributed by atoms with van der Waals surface area (Å²) in [5.41, 5.74) is 15.1. The van der Waals surface area contributed by atoms with Crippen LogP contribution in [0.25, 0.3) is 5.57 Å². The lowest BCUT2D eigenvalue weighted by Gasteiger charge is -2.62. The molecule has 0 bridgehead atoms. The molecule has 1 unspecified atom stereocenters. The molecule has 0 aliphatic heterocycles. The van der Waals surface area contributed by atoms with Gasteiger partial charge in [-0.25, -0.2) is 0 Å². The van der Waals surface area contributed by atoms with E-state index in [9.17, 15) is 9.90 Å². The van der Waals surface area contributed by atoms with Crippen LogP contribution in [0.2, 0.25) is 0 Å². The number of Topliss-reactive ketones (excluding diaryl/α,β-unsaturated/α-hetero) is 1. The van der Waals surface area contributed by atoms with E-state index in [1.807, 2.05) is 6.92 Å². The molecule has 0 saturated carbocycles. The molecule has 4 atom stereocenters. The molecule has 3 N–H and O–H groups in total. The first-order valence-corrected chi connectivity index (χ1v) is 12.1. The Morgan fingerprint density at radius 3 is 2.39 bits per heavy atom. The predicted molar refractivity (Wildman–Crippen MR) is 137 cm³/mol. The van der Waals surface area contributed by atoms with Crippen molar-refractivity contribution in [1.29, 1.82) is 0 Å². The molecule has 0 saturated heterocycles. The second-order valence-corrected chi connectivity index (χ2v) is 11.5. The molecule has 3 aliphatic carbocycles. The van der Waals surface area contributed by atoms with Crippen LogP contribution >= 0.6 is 0 Å². The summed E-state index contributed by atoms with van der Waals surface area (Å²) >= 11 is 0. The van der Waals surface area contributed by atoms with E-state index in [2.05, 4.69) is 67.7 Å². The number of hydrogen-bond acceptors (Lipinski definition) is 3. The summed E-state index contributed by atoms with van der Waals surface area (Å²) in [6, 6.07) is 2.33. The second-order valence-electron chi connectivity index (χ2n) is 11.5. The van der Waals surface area contributed by atoms with Crippen LogP contribution in [-0.4, -0.2) is 10.9 Å². The fraction of sp³-hybridized carbons (Fsp3) is 0.500. The number of rotatable bonds is 2. The van der Waals surface area contributed by atoms with Crippen molar-refractivity contribution < 1.29 is 9.90 Å². The Morgan fingerprint density at radius 1 is 1.24 bits per heavy atom. The maximum absolute atomic E-state index is 13.4. The van der Waals surface area contributed by atoms with E-state index in [-0.39, 0.29) is 34.1 Å². The van der Waals surface area contributed by atoms with Gasteiger partial charge in [0.2, 0.25) is 0 Å². The quantitative estimate of drug-likeness (QED) is 0.534. The zero-order valence-electron chi connectivity index (χ0n) is 21.6. The Hall–Kier alpha value is -2.55. The number of hydrogen-bond donors (Lipinski definition) is 2. The van der Waals surface area contributed by atoms with E-state index < -0.39 is 10.8 Å². The zero-order valence-corrected chi connectivity index (χ0v) is 21.6. The number of ketones is 1. The van der Waals surface area contributed by atoms with Crippen LogP contribution in [0, 0.1) is 36.0 Å². The molecule has 0 radical (unpaired) electrons. The van der Waals surface area contributed by atoms with E-state index in [0.717, 1.165) is 30.4 Å². The van der Waals surface area contributed by atoms with Crippen molar-refractivity contribution in [2.75, 3.05) is 0 Å². The average molecular weight is 446 g/mol. The van der Waals surface area contributed by atoms with Gasteiger partial charge in [-0.3, -0.25) is 4.79 Å². The molecular formula is C30H39NO2. The summed E-state index contributed by atoms with van der Waals surface area (Å²) in [5.74, 6) is -0.321. The molecule has 0 amide bonds. The molecule has 1 aromatic rings. The van der Waals surface area contributed by atoms with Gasteiger partial charge >= 0.3 is 0 Å². The highest BCUT2D eigenvalue weighted by molar-refractivity contribution is 6.03. The molecule has 1 aromatic carbocycles. The highest BCUT2D eigenvalue weighted by Gasteiger charge is 2.64. The molecule has 0 heterocycles. The lowest BCUT2D eigenvalue weighted by atomic mass is 9.41. The number of aliphatic hydroxyl groups excluding tert-OH is 1. The Kier molecular flexibility index (Phi) is 4.99. The Bertz CT molecular complexity index is 1210. The van der Waals surface area contributed by atoms with Gasteiger partial charge in [0.25, 0.3) is 0 Å². The van der Waals surface area contributed by atoms with Gasteiger partial charge in [0.1, 0.15) is 5.76 Å². The molecule has 3 heteroatoms. The van der Waals surface area contributed by atoms with Gasteiger partial charge in [-0.2, -0.15) is 0 Å². The third-order valence-corrected chi connectivity index (χ3v) is 9.83. The van der Waals surface area contributed by atoms with Crippen molar-refractivity contribution in [2.24, 2.45) is 27.9 Å². The summed E-state index contributed by atoms with van der Waals surface area (Å²) in [6.45, 7) is 25.8. The lowest BCUT2D eigenvalue weighted by Crippen LogP contribution is -2.58. The van der Waals surface area contributed by atoms with Gasteiger partial charge in [0.05, 0.1) is 11.0 Å². The minimum Gasteiger partial charge on any atom is -0.511 e. The monoisotopic (exact) mass is 445 g/mol. The van der Waals surface area contributed by atoms with Crippen molar-refractivity contribution in [1.82, 2.24) is 0 Å². The van der Waals surface area contributed by atoms with Gasteiger partial charge in [0.15, 0.2) is 5.78 Å². The maximum atomic E-state index is 13.4. The number of carbonyl (C=O) groups is 1. The van der Waals surface area contributed by atoms with E-state index in [1.165, 1.54) is 33.4 Å². The smallest absolute Gasteiger partial charge is 0.171 e. The van der Waals surface area contributed by atoms with Crippen LogP contribution < -0.4 is 5.73 Å². The zero-order chi connectivity index (χ0) is 24.8. The molecule has 3 aliphatic rings. The SMILES string of the molecule is C=C(N)C1=C(O)[C@@]2(C)C(C)=C3C(=C)c4c(C)c(CC)cc(C)c4C[C@@]3(C)C[C@@]2(C)C(C)C1=O. The molecule has 0 fully saturated rings. The average Bonchev–Trinajstić information content (AvgIpc) is 2.72. The third kappa shape index (κ3) is 2.65. The number of allylic oxidation sites excluding steroid dienone is 4. The Labute approximate surface area is 199 Å². The Morgan fingerprint density at radius 2 is 1.85 bits per heavy atom. The number of aryl methyl sites for hydroxylation is 2. The van der Waals surface area contributed by atoms with Crippen molar-refractivity contribution >= 4 is 11.4 Å². The topological polar surface area (TPSA) is 63.3 Å². The number of carbonyl (C=O) groups excluding carboxylic acids is 1. The molecule has 0 aromatic heterocycles. The standard InChI is InChI=1S/C30H39NO2/c1-11-21-12-15(2)22-13-28(8)14-29(9)19(6)26(32)24(20(7)31)27(33)30(29,10)18(5)25(28)17(4)23(22)16(21)3/h12,19,33H,4,7,11,13-14,31H2,1-3,5-6,8-10H3/t19?,28-,29-,30+/m0/s1. The van der Waals surface area contributed by atoms with Crippen LogP contribution in [0.5, 0.6) is 0 Å². The largest absolute Gasteiger partial charge is 0.511 e. The summed E-state index contributed by atoms with van der Waals surface area (Å²) in [4.78, 5) is 13.4. The van der Waals surface area contributed by atoms with Crippen LogP contribution in [0.15, 0.2) is 47.4 Å². The summed E-state index contributed by atoms with van der Waals surface area (Å²) in [5, 5.41) is 11.6. The van der Waals surface area contributed by atoms with Gasteiger partial charge < -0.3 is 10.8 Å². The van der Waals surface area contributed by atoms with Crippen LogP contribution in [0.1, 0.15) is 75.8 Å². The van der Waals surface area contributed by atoms with E-state index in [0.29, 0.717) is 0 Å². The predicted octanol–water partition coefficient (Wildman–Crippen LogP) is 6.68. The summed E-state index contributed by atoms with van der Waals surface area (Å²) in [7, 11) is 0. The van der Waals surface area contributed by atoms with Crippen molar-refractivity contribution in [3.8, 4) is 0 Å². The van der Waals surface area contributed by atoms with E-state index >= 15 is 0 Å². The first-order chi connectivity index (χ1) is 15.2. The minimum atomic E-state index is -0.724. The van der Waals surface area contributed by atoms with Crippen LogP contribution in [0.4, 0.5) is 0 Å². The molecule has 0 spiro atoms. The van der Waals surface area contributed by atoms with Gasteiger partial charge in [0, 0.05) is 11.6 Å². The fourth-order valence-corrected chi connectivity index (χ4v) is 7.72. The number of benzene rings is 1. The highest BCUT2D eigenvalue weighted by atomic mass is 16.3. The summed E-state index contributed by atoms with van der Waals surface area (Å²) in [6.07, 6.45) is 2.69. The molecule has 33 heavy (non-hydrogen) atoms. The van der Waals surface area contributed by atoms with Crippen molar-refractivity contribution in [2.45, 2.75) is 74.7 Å². The first kappa shape index (κ1) is 23.6. The first-order valence-electron chi connectivity index (χ1n) is 12.1. The van der Waals surface area contributed by atoms with E-state index in [4.69, 9.17) is 5.73 Å². The molecule has 176 valence electrons. The maximum Gasteiger partial charge on any atom is 0.171 e. The lowest BCUT2D eigenvalue weighted by molar-refractivity contribution is -0.131. The fourth-order valence-electron chi connectivity index (χ4n) is 7.72. The highest BCUT2D eigenvalue weighted by Crippen LogP contribution is 2.70. The number of aliphatic hydroxyl groups is 1. The molecule has 3 nitrogen and oxygen atoms in total.